The van der Waals surface area contributed by atoms with Crippen LogP contribution in [0, 0.1) is 46.3 Å². The lowest BCUT2D eigenvalue weighted by Gasteiger charge is -2.58. The third-order valence-electron chi connectivity index (χ3n) is 10.5. The van der Waals surface area contributed by atoms with Gasteiger partial charge in [0.05, 0.1) is 0 Å². The monoisotopic (exact) mass is 448 g/mol. The highest BCUT2D eigenvalue weighted by Crippen LogP contribution is 2.67. The molecular formula is C28H45ClO2. The summed E-state index contributed by atoms with van der Waals surface area (Å²) in [5, 5.41) is 0. The van der Waals surface area contributed by atoms with Crippen molar-refractivity contribution < 1.29 is 9.53 Å². The largest absolute Gasteiger partial charge is 0.450 e. The van der Waals surface area contributed by atoms with Gasteiger partial charge in [-0.3, -0.25) is 0 Å². The summed E-state index contributed by atoms with van der Waals surface area (Å²) >= 11 is 5.51. The normalized spacial score (nSPS) is 42.9. The smallest absolute Gasteiger partial charge is 0.404 e. The van der Waals surface area contributed by atoms with E-state index in [0.717, 1.165) is 54.8 Å². The van der Waals surface area contributed by atoms with Gasteiger partial charge in [0.1, 0.15) is 6.10 Å². The van der Waals surface area contributed by atoms with Crippen molar-refractivity contribution >= 4 is 17.0 Å². The molecule has 0 radical (unpaired) electrons. The van der Waals surface area contributed by atoms with Gasteiger partial charge in [0.25, 0.3) is 0 Å². The summed E-state index contributed by atoms with van der Waals surface area (Å²) < 4.78 is 5.38. The first-order chi connectivity index (χ1) is 14.6. The van der Waals surface area contributed by atoms with Gasteiger partial charge in [0.2, 0.25) is 0 Å². The number of fused-ring (bicyclic) bond motifs is 5. The minimum Gasteiger partial charge on any atom is -0.450 e. The van der Waals surface area contributed by atoms with Crippen LogP contribution < -0.4 is 0 Å². The fourth-order valence-electron chi connectivity index (χ4n) is 8.88. The van der Waals surface area contributed by atoms with Crippen LogP contribution in [0.25, 0.3) is 0 Å². The Morgan fingerprint density at radius 2 is 1.87 bits per heavy atom. The Balaban J connectivity index is 1.47. The van der Waals surface area contributed by atoms with Gasteiger partial charge in [-0.2, -0.15) is 0 Å². The number of carbonyl (C=O) groups excluding carboxylic acids is 1. The Morgan fingerprint density at radius 1 is 1.10 bits per heavy atom. The van der Waals surface area contributed by atoms with E-state index in [9.17, 15) is 4.79 Å². The first-order valence-electron chi connectivity index (χ1n) is 13.2. The quantitative estimate of drug-likeness (QED) is 0.299. The molecule has 0 bridgehead atoms. The summed E-state index contributed by atoms with van der Waals surface area (Å²) in [6, 6.07) is 0. The molecule has 0 amide bonds. The fraction of sp³-hybridized carbons (Fsp3) is 0.893. The zero-order valence-corrected chi connectivity index (χ0v) is 21.3. The molecule has 0 aromatic rings. The number of halogens is 1. The van der Waals surface area contributed by atoms with Gasteiger partial charge < -0.3 is 4.74 Å². The van der Waals surface area contributed by atoms with Gasteiger partial charge >= 0.3 is 5.43 Å². The molecule has 0 N–H and O–H groups in total. The number of hydrogen-bond acceptors (Lipinski definition) is 2. The maximum absolute atomic E-state index is 11.2. The lowest BCUT2D eigenvalue weighted by molar-refractivity contribution is -0.0573. The summed E-state index contributed by atoms with van der Waals surface area (Å²) in [5.41, 5.74) is 1.77. The van der Waals surface area contributed by atoms with E-state index in [4.69, 9.17) is 16.3 Å². The maximum atomic E-state index is 11.2. The molecule has 176 valence electrons. The van der Waals surface area contributed by atoms with E-state index in [1.165, 1.54) is 51.4 Å². The van der Waals surface area contributed by atoms with Gasteiger partial charge in [0, 0.05) is 18.0 Å². The first kappa shape index (κ1) is 23.7. The van der Waals surface area contributed by atoms with E-state index >= 15 is 0 Å². The summed E-state index contributed by atoms with van der Waals surface area (Å²) in [5.74, 6) is 5.19. The van der Waals surface area contributed by atoms with Gasteiger partial charge in [-0.25, -0.2) is 4.79 Å². The van der Waals surface area contributed by atoms with Crippen molar-refractivity contribution in [2.45, 2.75) is 111 Å². The molecule has 0 aliphatic heterocycles. The number of ether oxygens (including phenoxy) is 1. The van der Waals surface area contributed by atoms with E-state index in [-0.39, 0.29) is 6.10 Å². The van der Waals surface area contributed by atoms with Crippen LogP contribution in [-0.4, -0.2) is 11.5 Å². The zero-order chi connectivity index (χ0) is 22.4. The van der Waals surface area contributed by atoms with E-state index in [1.807, 2.05) is 0 Å². The topological polar surface area (TPSA) is 26.3 Å². The highest BCUT2D eigenvalue weighted by molar-refractivity contribution is 6.61. The molecule has 0 spiro atoms. The fourth-order valence-corrected chi connectivity index (χ4v) is 9.01. The van der Waals surface area contributed by atoms with E-state index in [1.54, 1.807) is 5.57 Å². The minimum absolute atomic E-state index is 0.0164. The van der Waals surface area contributed by atoms with Crippen molar-refractivity contribution in [1.82, 2.24) is 0 Å². The molecule has 0 aromatic carbocycles. The van der Waals surface area contributed by atoms with Crippen molar-refractivity contribution in [3.05, 3.63) is 11.6 Å². The Morgan fingerprint density at radius 3 is 2.58 bits per heavy atom. The molecule has 0 saturated heterocycles. The number of rotatable bonds is 6. The van der Waals surface area contributed by atoms with Crippen LogP contribution in [0.15, 0.2) is 11.6 Å². The molecule has 0 heterocycles. The standard InChI is InChI=1S/C28H45ClO2/c1-18(2)7-6-8-19(3)23-11-12-24-22-10-9-20-17-21(31-26(29)30)13-15-27(20,4)25(22)14-16-28(23,24)5/h9,18-19,21-25H,6-8,10-17H2,1-5H3/t19-,21?,22-,23-,24+,25+,27-,28-/m1/s1. The number of allylic oxidation sites excluding steroid dienone is 1. The van der Waals surface area contributed by atoms with Crippen LogP contribution in [-0.2, 0) is 4.74 Å². The molecule has 4 rings (SSSR count). The second kappa shape index (κ2) is 9.03. The van der Waals surface area contributed by atoms with Crippen molar-refractivity contribution in [2.75, 3.05) is 0 Å². The molecule has 1 unspecified atom stereocenters. The van der Waals surface area contributed by atoms with Gasteiger partial charge in [-0.15, -0.1) is 0 Å². The summed E-state index contributed by atoms with van der Waals surface area (Å²) in [4.78, 5) is 11.2. The molecule has 2 nitrogen and oxygen atoms in total. The van der Waals surface area contributed by atoms with Crippen LogP contribution in [0.3, 0.4) is 0 Å². The van der Waals surface area contributed by atoms with Crippen molar-refractivity contribution in [1.29, 1.82) is 0 Å². The van der Waals surface area contributed by atoms with E-state index in [0.29, 0.717) is 10.8 Å². The molecule has 4 aliphatic rings. The van der Waals surface area contributed by atoms with Crippen LogP contribution in [0.4, 0.5) is 4.79 Å². The second-order valence-electron chi connectivity index (χ2n) is 12.5. The average Bonchev–Trinajstić information content (AvgIpc) is 3.05. The summed E-state index contributed by atoms with van der Waals surface area (Å²) in [7, 11) is 0. The van der Waals surface area contributed by atoms with Gasteiger partial charge in [-0.1, -0.05) is 65.5 Å². The predicted molar refractivity (Wildman–Crippen MR) is 129 cm³/mol. The second-order valence-corrected chi connectivity index (χ2v) is 12.8. The molecule has 0 aromatic heterocycles. The van der Waals surface area contributed by atoms with Crippen molar-refractivity contribution in [3.8, 4) is 0 Å². The highest BCUT2D eigenvalue weighted by atomic mass is 35.5. The Hall–Kier alpha value is -0.500. The van der Waals surface area contributed by atoms with Gasteiger partial charge in [0.15, 0.2) is 0 Å². The first-order valence-corrected chi connectivity index (χ1v) is 13.6. The van der Waals surface area contributed by atoms with Gasteiger partial charge in [-0.05, 0) is 91.3 Å². The SMILES string of the molecule is CC(C)CCC[C@@H](C)[C@H]1CC[C@H]2[C@H]3CC=C4CC(OC(=O)Cl)CC[C@@]4(C)[C@H]3CC[C@]12C. The maximum Gasteiger partial charge on any atom is 0.404 e. The van der Waals surface area contributed by atoms with E-state index in [2.05, 4.69) is 40.7 Å². The predicted octanol–water partition coefficient (Wildman–Crippen LogP) is 8.77. The highest BCUT2D eigenvalue weighted by Gasteiger charge is 2.59. The molecule has 3 saturated carbocycles. The van der Waals surface area contributed by atoms with E-state index < -0.39 is 5.43 Å². The lowest BCUT2D eigenvalue weighted by Crippen LogP contribution is -2.51. The lowest BCUT2D eigenvalue weighted by atomic mass is 9.47. The summed E-state index contributed by atoms with van der Waals surface area (Å²) in [6.07, 6.45) is 16.7. The molecule has 31 heavy (non-hydrogen) atoms. The number of carbonyl (C=O) groups is 1. The molecule has 8 atom stereocenters. The molecule has 4 aliphatic carbocycles. The van der Waals surface area contributed by atoms with Crippen molar-refractivity contribution in [2.24, 2.45) is 46.3 Å². The third kappa shape index (κ3) is 4.36. The Kier molecular flexibility index (Phi) is 6.89. The Bertz CT molecular complexity index is 699. The molecule has 3 heteroatoms. The van der Waals surface area contributed by atoms with Crippen LogP contribution >= 0.6 is 11.6 Å². The van der Waals surface area contributed by atoms with Crippen LogP contribution in [0.1, 0.15) is 105 Å². The van der Waals surface area contributed by atoms with Crippen LogP contribution in [0.5, 0.6) is 0 Å². The van der Waals surface area contributed by atoms with Crippen LogP contribution in [0.2, 0.25) is 0 Å². The Labute approximate surface area is 195 Å². The zero-order valence-electron chi connectivity index (χ0n) is 20.6. The van der Waals surface area contributed by atoms with Crippen molar-refractivity contribution in [3.63, 3.8) is 0 Å². The summed E-state index contributed by atoms with van der Waals surface area (Å²) in [6.45, 7) is 12.5. The molecular weight excluding hydrogens is 404 g/mol. The minimum atomic E-state index is -0.643. The third-order valence-corrected chi connectivity index (χ3v) is 10.6. The molecule has 3 fully saturated rings. The average molecular weight is 449 g/mol. The number of hydrogen-bond donors (Lipinski definition) is 0.